The lowest BCUT2D eigenvalue weighted by Crippen LogP contribution is -2.36. The lowest BCUT2D eigenvalue weighted by Gasteiger charge is -2.42. The first kappa shape index (κ1) is 10.0. The van der Waals surface area contributed by atoms with Gasteiger partial charge in [-0.3, -0.25) is 4.79 Å². The van der Waals surface area contributed by atoms with E-state index < -0.39 is 0 Å². The molecule has 0 aromatic rings. The van der Waals surface area contributed by atoms with Gasteiger partial charge in [0, 0.05) is 5.92 Å². The van der Waals surface area contributed by atoms with E-state index in [4.69, 9.17) is 5.73 Å². The monoisotopic (exact) mass is 195 g/mol. The molecule has 0 saturated heterocycles. The molecule has 0 spiro atoms. The molecule has 80 valence electrons. The number of carbonyl (C=O) groups is 1. The SMILES string of the molecule is CCC1CC2CC(C2)CC(C(N)=O)C1. The van der Waals surface area contributed by atoms with Gasteiger partial charge in [-0.05, 0) is 49.9 Å². The zero-order chi connectivity index (χ0) is 10.1. The van der Waals surface area contributed by atoms with Crippen molar-refractivity contribution in [3.8, 4) is 0 Å². The average molecular weight is 195 g/mol. The zero-order valence-electron chi connectivity index (χ0n) is 9.04. The van der Waals surface area contributed by atoms with Crippen LogP contribution in [0.5, 0.6) is 0 Å². The summed E-state index contributed by atoms with van der Waals surface area (Å²) in [6, 6.07) is 0. The lowest BCUT2D eigenvalue weighted by molar-refractivity contribution is -0.124. The molecule has 1 amide bonds. The van der Waals surface area contributed by atoms with Gasteiger partial charge in [-0.15, -0.1) is 0 Å². The van der Waals surface area contributed by atoms with Crippen molar-refractivity contribution >= 4 is 5.91 Å². The van der Waals surface area contributed by atoms with Gasteiger partial charge < -0.3 is 5.73 Å². The van der Waals surface area contributed by atoms with E-state index in [1.807, 2.05) is 0 Å². The van der Waals surface area contributed by atoms with Crippen LogP contribution in [0.15, 0.2) is 0 Å². The Bertz CT molecular complexity index is 220. The van der Waals surface area contributed by atoms with Crippen LogP contribution in [0.2, 0.25) is 0 Å². The van der Waals surface area contributed by atoms with Gasteiger partial charge in [0.1, 0.15) is 0 Å². The molecule has 0 aromatic carbocycles. The van der Waals surface area contributed by atoms with Crippen molar-refractivity contribution in [2.45, 2.75) is 45.4 Å². The second-order valence-corrected chi connectivity index (χ2v) is 5.28. The summed E-state index contributed by atoms with van der Waals surface area (Å²) >= 11 is 0. The molecular formula is C12H21NO. The van der Waals surface area contributed by atoms with E-state index in [0.717, 1.165) is 30.6 Å². The Morgan fingerprint density at radius 2 is 1.79 bits per heavy atom. The molecular weight excluding hydrogens is 174 g/mol. The number of hydrogen-bond acceptors (Lipinski definition) is 1. The quantitative estimate of drug-likeness (QED) is 0.722. The molecule has 0 aliphatic heterocycles. The van der Waals surface area contributed by atoms with E-state index in [9.17, 15) is 4.79 Å². The Balaban J connectivity index is 2.00. The maximum absolute atomic E-state index is 11.3. The van der Waals surface area contributed by atoms with E-state index in [-0.39, 0.29) is 11.8 Å². The van der Waals surface area contributed by atoms with Crippen LogP contribution in [0.3, 0.4) is 0 Å². The number of fused-ring (bicyclic) bond motifs is 4. The van der Waals surface area contributed by atoms with Gasteiger partial charge in [-0.25, -0.2) is 0 Å². The molecule has 3 saturated carbocycles. The number of rotatable bonds is 2. The molecule has 0 radical (unpaired) electrons. The fourth-order valence-corrected chi connectivity index (χ4v) is 3.29. The molecule has 0 heterocycles. The summed E-state index contributed by atoms with van der Waals surface area (Å²) in [5.74, 6) is 2.65. The van der Waals surface area contributed by atoms with Gasteiger partial charge in [0.05, 0.1) is 0 Å². The number of primary amides is 1. The first-order valence-electron chi connectivity index (χ1n) is 5.98. The summed E-state index contributed by atoms with van der Waals surface area (Å²) in [5.41, 5.74) is 5.45. The second kappa shape index (κ2) is 3.92. The molecule has 2 heteroatoms. The van der Waals surface area contributed by atoms with E-state index in [1.54, 1.807) is 0 Å². The highest BCUT2D eigenvalue weighted by Crippen LogP contribution is 2.46. The van der Waals surface area contributed by atoms with Crippen LogP contribution < -0.4 is 5.73 Å². The lowest BCUT2D eigenvalue weighted by atomic mass is 9.63. The Kier molecular flexibility index (Phi) is 2.80. The van der Waals surface area contributed by atoms with Crippen molar-refractivity contribution in [3.05, 3.63) is 0 Å². The van der Waals surface area contributed by atoms with Gasteiger partial charge in [-0.1, -0.05) is 13.3 Å². The third-order valence-electron chi connectivity index (χ3n) is 4.22. The van der Waals surface area contributed by atoms with Crippen molar-refractivity contribution in [1.29, 1.82) is 0 Å². The third kappa shape index (κ3) is 1.94. The predicted molar refractivity (Wildman–Crippen MR) is 56.5 cm³/mol. The molecule has 3 rings (SSSR count). The van der Waals surface area contributed by atoms with Gasteiger partial charge in [0.15, 0.2) is 0 Å². The van der Waals surface area contributed by atoms with Crippen molar-refractivity contribution in [2.75, 3.05) is 0 Å². The van der Waals surface area contributed by atoms with Crippen LogP contribution in [-0.2, 0) is 4.79 Å². The largest absolute Gasteiger partial charge is 0.369 e. The molecule has 3 aliphatic rings. The fraction of sp³-hybridized carbons (Fsp3) is 0.917. The van der Waals surface area contributed by atoms with Crippen LogP contribution in [0, 0.1) is 23.7 Å². The topological polar surface area (TPSA) is 43.1 Å². The summed E-state index contributed by atoms with van der Waals surface area (Å²) in [6.45, 7) is 2.24. The van der Waals surface area contributed by atoms with E-state index >= 15 is 0 Å². The first-order chi connectivity index (χ1) is 6.69. The van der Waals surface area contributed by atoms with Crippen molar-refractivity contribution in [3.63, 3.8) is 0 Å². The summed E-state index contributed by atoms with van der Waals surface area (Å²) in [6.07, 6.45) is 7.41. The van der Waals surface area contributed by atoms with Gasteiger partial charge in [0.2, 0.25) is 5.91 Å². The molecule has 2 nitrogen and oxygen atoms in total. The molecule has 2 atom stereocenters. The average Bonchev–Trinajstić information content (AvgIpc) is 1.99. The molecule has 14 heavy (non-hydrogen) atoms. The maximum Gasteiger partial charge on any atom is 0.220 e. The second-order valence-electron chi connectivity index (χ2n) is 5.28. The Hall–Kier alpha value is -0.530. The molecule has 0 aromatic heterocycles. The number of nitrogens with two attached hydrogens (primary N) is 1. The van der Waals surface area contributed by atoms with Gasteiger partial charge in [0.25, 0.3) is 0 Å². The minimum Gasteiger partial charge on any atom is -0.369 e. The van der Waals surface area contributed by atoms with E-state index in [1.165, 1.54) is 25.7 Å². The van der Waals surface area contributed by atoms with Gasteiger partial charge in [-0.2, -0.15) is 0 Å². The smallest absolute Gasteiger partial charge is 0.220 e. The minimum absolute atomic E-state index is 0.0613. The van der Waals surface area contributed by atoms with Crippen LogP contribution in [0.4, 0.5) is 0 Å². The Morgan fingerprint density at radius 3 is 2.36 bits per heavy atom. The van der Waals surface area contributed by atoms with Crippen molar-refractivity contribution in [1.82, 2.24) is 0 Å². The Labute approximate surface area is 86.2 Å². The molecule has 2 bridgehead atoms. The number of amides is 1. The molecule has 3 fully saturated rings. The molecule has 2 N–H and O–H groups in total. The highest BCUT2D eigenvalue weighted by Gasteiger charge is 2.37. The summed E-state index contributed by atoms with van der Waals surface area (Å²) in [7, 11) is 0. The minimum atomic E-state index is -0.0613. The highest BCUT2D eigenvalue weighted by molar-refractivity contribution is 5.76. The summed E-state index contributed by atoms with van der Waals surface area (Å²) in [4.78, 5) is 11.3. The molecule has 3 aliphatic carbocycles. The van der Waals surface area contributed by atoms with Crippen LogP contribution in [0.25, 0.3) is 0 Å². The summed E-state index contributed by atoms with van der Waals surface area (Å²) in [5, 5.41) is 0. The van der Waals surface area contributed by atoms with Crippen molar-refractivity contribution in [2.24, 2.45) is 29.4 Å². The first-order valence-corrected chi connectivity index (χ1v) is 5.98. The van der Waals surface area contributed by atoms with Crippen LogP contribution in [-0.4, -0.2) is 5.91 Å². The predicted octanol–water partition coefficient (Wildman–Crippen LogP) is 2.32. The van der Waals surface area contributed by atoms with E-state index in [2.05, 4.69) is 6.92 Å². The van der Waals surface area contributed by atoms with Gasteiger partial charge >= 0.3 is 0 Å². The zero-order valence-corrected chi connectivity index (χ0v) is 9.04. The third-order valence-corrected chi connectivity index (χ3v) is 4.22. The fourth-order valence-electron chi connectivity index (χ4n) is 3.29. The Morgan fingerprint density at radius 1 is 1.14 bits per heavy atom. The highest BCUT2D eigenvalue weighted by atomic mass is 16.1. The summed E-state index contributed by atoms with van der Waals surface area (Å²) < 4.78 is 0. The van der Waals surface area contributed by atoms with Crippen molar-refractivity contribution < 1.29 is 4.79 Å². The normalized spacial score (nSPS) is 42.1. The van der Waals surface area contributed by atoms with Crippen LogP contribution in [0.1, 0.15) is 45.4 Å². The van der Waals surface area contributed by atoms with E-state index in [0.29, 0.717) is 0 Å². The maximum atomic E-state index is 11.3. The number of carbonyl (C=O) groups excluding carboxylic acids is 1. The van der Waals surface area contributed by atoms with Crippen LogP contribution >= 0.6 is 0 Å². The standard InChI is InChI=1S/C12H21NO/c1-2-8-3-9-4-10(5-9)7-11(6-8)12(13)14/h8-11H,2-7H2,1H3,(H2,13,14). The molecule has 2 unspecified atom stereocenters. The number of hydrogen-bond donors (Lipinski definition) is 1.